The third-order valence-corrected chi connectivity index (χ3v) is 2.81. The number of aryl methyl sites for hydroxylation is 1. The highest BCUT2D eigenvalue weighted by Crippen LogP contribution is 2.19. The molecule has 0 spiro atoms. The molecule has 0 aliphatic heterocycles. The van der Waals surface area contributed by atoms with Crippen LogP contribution in [0.25, 0.3) is 0 Å². The van der Waals surface area contributed by atoms with Crippen molar-refractivity contribution in [1.82, 2.24) is 0 Å². The van der Waals surface area contributed by atoms with E-state index >= 15 is 0 Å². The fourth-order valence-electron chi connectivity index (χ4n) is 1.27. The average Bonchev–Trinajstić information content (AvgIpc) is 2.27. The highest BCUT2D eigenvalue weighted by Gasteiger charge is 2.13. The molecule has 3 nitrogen and oxygen atoms in total. The summed E-state index contributed by atoms with van der Waals surface area (Å²) in [5.74, 6) is -0.379. The van der Waals surface area contributed by atoms with Crippen molar-refractivity contribution in [3.63, 3.8) is 0 Å². The molecule has 0 bridgehead atoms. The first-order valence-corrected chi connectivity index (χ1v) is 5.65. The molecular weight excluding hydrogens is 260 g/mol. The number of esters is 1. The maximum Gasteiger partial charge on any atom is 0.338 e. The second kappa shape index (κ2) is 5.28. The van der Waals surface area contributed by atoms with Crippen LogP contribution in [0.4, 0.5) is 0 Å². The Morgan fingerprint density at radius 3 is 2.80 bits per heavy atom. The summed E-state index contributed by atoms with van der Waals surface area (Å²) in [4.78, 5) is 11.4. The summed E-state index contributed by atoms with van der Waals surface area (Å²) in [6.07, 6.45) is -0.603. The lowest BCUT2D eigenvalue weighted by Gasteiger charge is -2.10. The Morgan fingerprint density at radius 2 is 2.27 bits per heavy atom. The molecule has 0 aliphatic carbocycles. The first-order valence-electron chi connectivity index (χ1n) is 4.53. The fourth-order valence-corrected chi connectivity index (χ4v) is 1.64. The smallest absolute Gasteiger partial charge is 0.338 e. The van der Waals surface area contributed by atoms with Gasteiger partial charge in [-0.1, -0.05) is 28.1 Å². The van der Waals surface area contributed by atoms with Crippen LogP contribution in [-0.2, 0) is 4.74 Å². The van der Waals surface area contributed by atoms with Crippen LogP contribution in [0.5, 0.6) is 0 Å². The summed E-state index contributed by atoms with van der Waals surface area (Å²) in [5, 5.41) is 10.0. The summed E-state index contributed by atoms with van der Waals surface area (Å²) in [6, 6.07) is 5.26. The van der Waals surface area contributed by atoms with Crippen molar-refractivity contribution < 1.29 is 14.6 Å². The summed E-state index contributed by atoms with van der Waals surface area (Å²) in [5.41, 5.74) is 2.04. The molecule has 1 N–H and O–H groups in total. The van der Waals surface area contributed by atoms with Crippen LogP contribution < -0.4 is 0 Å². The Hall–Kier alpha value is -0.870. The van der Waals surface area contributed by atoms with Gasteiger partial charge in [-0.2, -0.15) is 0 Å². The molecule has 1 aromatic carbocycles. The van der Waals surface area contributed by atoms with E-state index in [2.05, 4.69) is 20.7 Å². The maximum absolute atomic E-state index is 11.4. The standard InChI is InChI=1S/C11H13BrO3/c1-7-3-4-8(10(13)6-12)5-9(7)11(14)15-2/h3-5,10,13H,6H2,1-2H3/t10-/m0/s1. The average molecular weight is 273 g/mol. The zero-order valence-electron chi connectivity index (χ0n) is 8.66. The quantitative estimate of drug-likeness (QED) is 0.678. The normalized spacial score (nSPS) is 12.3. The van der Waals surface area contributed by atoms with E-state index in [1.54, 1.807) is 18.2 Å². The predicted molar refractivity (Wildman–Crippen MR) is 61.3 cm³/mol. The third-order valence-electron chi connectivity index (χ3n) is 2.20. The Kier molecular flexibility index (Phi) is 4.29. The Labute approximate surface area is 97.2 Å². The zero-order chi connectivity index (χ0) is 11.4. The highest BCUT2D eigenvalue weighted by molar-refractivity contribution is 9.09. The summed E-state index contributed by atoms with van der Waals surface area (Å²) < 4.78 is 4.65. The van der Waals surface area contributed by atoms with Gasteiger partial charge in [-0.05, 0) is 24.1 Å². The molecule has 15 heavy (non-hydrogen) atoms. The second-order valence-corrected chi connectivity index (χ2v) is 3.88. The van der Waals surface area contributed by atoms with Crippen molar-refractivity contribution in [2.45, 2.75) is 13.0 Å². The van der Waals surface area contributed by atoms with E-state index in [1.165, 1.54) is 7.11 Å². The first kappa shape index (κ1) is 12.2. The number of methoxy groups -OCH3 is 1. The SMILES string of the molecule is COC(=O)c1cc([C@@H](O)CBr)ccc1C. The van der Waals surface area contributed by atoms with Crippen molar-refractivity contribution in [3.05, 3.63) is 34.9 Å². The number of halogens is 1. The van der Waals surface area contributed by atoms with E-state index in [0.717, 1.165) is 5.56 Å². The van der Waals surface area contributed by atoms with Gasteiger partial charge in [0, 0.05) is 5.33 Å². The van der Waals surface area contributed by atoms with Gasteiger partial charge < -0.3 is 9.84 Å². The van der Waals surface area contributed by atoms with E-state index in [0.29, 0.717) is 16.5 Å². The summed E-state index contributed by atoms with van der Waals surface area (Å²) in [7, 11) is 1.34. The number of ether oxygens (including phenoxy) is 1. The maximum atomic E-state index is 11.4. The molecule has 82 valence electrons. The van der Waals surface area contributed by atoms with Crippen LogP contribution in [0.15, 0.2) is 18.2 Å². The third kappa shape index (κ3) is 2.79. The number of alkyl halides is 1. The van der Waals surface area contributed by atoms with E-state index < -0.39 is 6.10 Å². The number of carbonyl (C=O) groups excluding carboxylic acids is 1. The Bertz CT molecular complexity index is 363. The molecule has 0 aromatic heterocycles. The number of rotatable bonds is 3. The lowest BCUT2D eigenvalue weighted by atomic mass is 10.0. The van der Waals surface area contributed by atoms with Crippen molar-refractivity contribution in [1.29, 1.82) is 0 Å². The molecule has 4 heteroatoms. The van der Waals surface area contributed by atoms with Crippen LogP contribution in [0.2, 0.25) is 0 Å². The lowest BCUT2D eigenvalue weighted by molar-refractivity contribution is 0.0599. The molecule has 1 atom stereocenters. The van der Waals surface area contributed by atoms with Gasteiger partial charge in [-0.15, -0.1) is 0 Å². The van der Waals surface area contributed by atoms with Gasteiger partial charge in [-0.25, -0.2) is 4.79 Å². The van der Waals surface area contributed by atoms with Crippen LogP contribution in [0.3, 0.4) is 0 Å². The molecule has 0 radical (unpaired) electrons. The fraction of sp³-hybridized carbons (Fsp3) is 0.364. The first-order chi connectivity index (χ1) is 7.10. The van der Waals surface area contributed by atoms with Crippen LogP contribution in [0.1, 0.15) is 27.6 Å². The van der Waals surface area contributed by atoms with Crippen molar-refractivity contribution >= 4 is 21.9 Å². The van der Waals surface area contributed by atoms with Crippen LogP contribution >= 0.6 is 15.9 Å². The van der Waals surface area contributed by atoms with E-state index in [9.17, 15) is 9.90 Å². The van der Waals surface area contributed by atoms with Crippen molar-refractivity contribution in [2.24, 2.45) is 0 Å². The summed E-state index contributed by atoms with van der Waals surface area (Å²) in [6.45, 7) is 1.83. The molecule has 0 aliphatic rings. The minimum absolute atomic E-state index is 0.379. The zero-order valence-corrected chi connectivity index (χ0v) is 10.2. The van der Waals surface area contributed by atoms with Gasteiger partial charge in [-0.3, -0.25) is 0 Å². The predicted octanol–water partition coefficient (Wildman–Crippen LogP) is 2.21. The second-order valence-electron chi connectivity index (χ2n) is 3.24. The van der Waals surface area contributed by atoms with Gasteiger partial charge >= 0.3 is 5.97 Å². The Balaban J connectivity index is 3.10. The molecule has 0 amide bonds. The minimum Gasteiger partial charge on any atom is -0.465 e. The van der Waals surface area contributed by atoms with E-state index in [-0.39, 0.29) is 5.97 Å². The lowest BCUT2D eigenvalue weighted by Crippen LogP contribution is -2.06. The molecule has 0 heterocycles. The van der Waals surface area contributed by atoms with Gasteiger partial charge in [0.25, 0.3) is 0 Å². The molecule has 0 saturated heterocycles. The molecule has 0 unspecified atom stereocenters. The van der Waals surface area contributed by atoms with Crippen LogP contribution in [-0.4, -0.2) is 23.5 Å². The van der Waals surface area contributed by atoms with E-state index in [4.69, 9.17) is 0 Å². The summed E-state index contributed by atoms with van der Waals surface area (Å²) >= 11 is 3.18. The van der Waals surface area contributed by atoms with Crippen molar-refractivity contribution in [3.8, 4) is 0 Å². The van der Waals surface area contributed by atoms with Gasteiger partial charge in [0.15, 0.2) is 0 Å². The monoisotopic (exact) mass is 272 g/mol. The number of benzene rings is 1. The minimum atomic E-state index is -0.603. The number of hydrogen-bond acceptors (Lipinski definition) is 3. The number of hydrogen-bond donors (Lipinski definition) is 1. The van der Waals surface area contributed by atoms with Gasteiger partial charge in [0.1, 0.15) is 0 Å². The molecule has 0 saturated carbocycles. The number of aliphatic hydroxyl groups excluding tert-OH is 1. The van der Waals surface area contributed by atoms with Crippen LogP contribution in [0, 0.1) is 6.92 Å². The topological polar surface area (TPSA) is 46.5 Å². The largest absolute Gasteiger partial charge is 0.465 e. The molecule has 0 fully saturated rings. The molecule has 1 rings (SSSR count). The number of aliphatic hydroxyl groups is 1. The molecular formula is C11H13BrO3. The van der Waals surface area contributed by atoms with Gasteiger partial charge in [0.05, 0.1) is 18.8 Å². The van der Waals surface area contributed by atoms with E-state index in [1.807, 2.05) is 6.92 Å². The van der Waals surface area contributed by atoms with Crippen molar-refractivity contribution in [2.75, 3.05) is 12.4 Å². The number of carbonyl (C=O) groups is 1. The van der Waals surface area contributed by atoms with Gasteiger partial charge in [0.2, 0.25) is 0 Å². The molecule has 1 aromatic rings. The Morgan fingerprint density at radius 1 is 1.60 bits per heavy atom. The highest BCUT2D eigenvalue weighted by atomic mass is 79.9.